The van der Waals surface area contributed by atoms with Gasteiger partial charge in [0.2, 0.25) is 0 Å². The molecular formula is C19H17FN2O3. The standard InChI is InChI=1S/C19H17FN2O3/c1-22(11-12-3-5-13(6-4-12)19(24)25-2)18(23)17-10-14-9-15(20)7-8-16(14)21-17/h3-10,21H,11H2,1-2H3. The van der Waals surface area contributed by atoms with Crippen molar-refractivity contribution in [3.8, 4) is 0 Å². The summed E-state index contributed by atoms with van der Waals surface area (Å²) in [6.45, 7) is 0.379. The average Bonchev–Trinajstić information content (AvgIpc) is 3.04. The molecule has 1 aromatic heterocycles. The number of carbonyl (C=O) groups is 2. The van der Waals surface area contributed by atoms with Gasteiger partial charge in [0.1, 0.15) is 11.5 Å². The maximum atomic E-state index is 13.3. The number of H-pyrrole nitrogens is 1. The molecule has 0 saturated carbocycles. The van der Waals surface area contributed by atoms with E-state index in [-0.39, 0.29) is 11.7 Å². The van der Waals surface area contributed by atoms with Gasteiger partial charge in [0.05, 0.1) is 12.7 Å². The Labute approximate surface area is 144 Å². The fraction of sp³-hybridized carbons (Fsp3) is 0.158. The van der Waals surface area contributed by atoms with Gasteiger partial charge in [0.15, 0.2) is 0 Å². The van der Waals surface area contributed by atoms with Gasteiger partial charge in [-0.05, 0) is 42.0 Å². The molecule has 0 saturated heterocycles. The van der Waals surface area contributed by atoms with Gasteiger partial charge in [0, 0.05) is 24.5 Å². The van der Waals surface area contributed by atoms with E-state index < -0.39 is 5.97 Å². The van der Waals surface area contributed by atoms with Crippen LogP contribution in [0.4, 0.5) is 4.39 Å². The fourth-order valence-electron chi connectivity index (χ4n) is 2.63. The summed E-state index contributed by atoms with van der Waals surface area (Å²) in [5.74, 6) is -0.945. The van der Waals surface area contributed by atoms with Gasteiger partial charge in [-0.15, -0.1) is 0 Å². The summed E-state index contributed by atoms with van der Waals surface area (Å²) in [6, 6.07) is 12.8. The van der Waals surface area contributed by atoms with Crippen LogP contribution in [0.5, 0.6) is 0 Å². The minimum Gasteiger partial charge on any atom is -0.465 e. The molecule has 1 heterocycles. The number of ether oxygens (including phenoxy) is 1. The van der Waals surface area contributed by atoms with Crippen LogP contribution in [0.25, 0.3) is 10.9 Å². The Kier molecular flexibility index (Phi) is 4.52. The summed E-state index contributed by atoms with van der Waals surface area (Å²) in [4.78, 5) is 28.5. The summed E-state index contributed by atoms with van der Waals surface area (Å²) in [5.41, 5.74) is 2.44. The number of hydrogen-bond donors (Lipinski definition) is 1. The molecule has 0 aliphatic rings. The number of aromatic nitrogens is 1. The van der Waals surface area contributed by atoms with Crippen molar-refractivity contribution in [3.63, 3.8) is 0 Å². The molecule has 25 heavy (non-hydrogen) atoms. The molecule has 0 atom stereocenters. The summed E-state index contributed by atoms with van der Waals surface area (Å²) < 4.78 is 17.9. The van der Waals surface area contributed by atoms with Crippen molar-refractivity contribution >= 4 is 22.8 Å². The number of methoxy groups -OCH3 is 1. The number of nitrogens with one attached hydrogen (secondary N) is 1. The van der Waals surface area contributed by atoms with E-state index in [4.69, 9.17) is 0 Å². The molecule has 1 N–H and O–H groups in total. The Bertz CT molecular complexity index is 931. The Morgan fingerprint density at radius 1 is 1.12 bits per heavy atom. The number of amides is 1. The highest BCUT2D eigenvalue weighted by atomic mass is 19.1. The third-order valence-corrected chi connectivity index (χ3v) is 3.95. The molecule has 0 aliphatic heterocycles. The number of rotatable bonds is 4. The fourth-order valence-corrected chi connectivity index (χ4v) is 2.63. The number of fused-ring (bicyclic) bond motifs is 1. The SMILES string of the molecule is COC(=O)c1ccc(CN(C)C(=O)c2cc3cc(F)ccc3[nH]2)cc1. The van der Waals surface area contributed by atoms with Crippen LogP contribution in [-0.2, 0) is 11.3 Å². The second kappa shape index (κ2) is 6.76. The van der Waals surface area contributed by atoms with Crippen molar-refractivity contribution in [2.45, 2.75) is 6.54 Å². The summed E-state index contributed by atoms with van der Waals surface area (Å²) in [6.07, 6.45) is 0. The Morgan fingerprint density at radius 3 is 2.52 bits per heavy atom. The predicted molar refractivity (Wildman–Crippen MR) is 91.8 cm³/mol. The Balaban J connectivity index is 1.74. The number of halogens is 1. The summed E-state index contributed by atoms with van der Waals surface area (Å²) in [7, 11) is 3.01. The minimum atomic E-state index is -0.402. The van der Waals surface area contributed by atoms with Crippen molar-refractivity contribution in [3.05, 3.63) is 71.2 Å². The number of esters is 1. The second-order valence-electron chi connectivity index (χ2n) is 5.76. The highest BCUT2D eigenvalue weighted by Gasteiger charge is 2.15. The van der Waals surface area contributed by atoms with E-state index in [9.17, 15) is 14.0 Å². The van der Waals surface area contributed by atoms with Gasteiger partial charge in [-0.1, -0.05) is 12.1 Å². The quantitative estimate of drug-likeness (QED) is 0.741. The van der Waals surface area contributed by atoms with Gasteiger partial charge in [-0.3, -0.25) is 4.79 Å². The maximum absolute atomic E-state index is 13.3. The van der Waals surface area contributed by atoms with Crippen LogP contribution < -0.4 is 0 Å². The highest BCUT2D eigenvalue weighted by molar-refractivity contribution is 5.97. The minimum absolute atomic E-state index is 0.200. The molecule has 0 bridgehead atoms. The molecule has 2 aromatic carbocycles. The third kappa shape index (κ3) is 3.52. The summed E-state index contributed by atoms with van der Waals surface area (Å²) in [5, 5.41) is 0.652. The van der Waals surface area contributed by atoms with Crippen LogP contribution in [0.1, 0.15) is 26.4 Å². The molecule has 0 unspecified atom stereocenters. The zero-order valence-corrected chi connectivity index (χ0v) is 13.9. The second-order valence-corrected chi connectivity index (χ2v) is 5.76. The van der Waals surface area contributed by atoms with Gasteiger partial charge in [0.25, 0.3) is 5.91 Å². The van der Waals surface area contributed by atoms with Gasteiger partial charge in [-0.25, -0.2) is 9.18 Å². The number of benzene rings is 2. The lowest BCUT2D eigenvalue weighted by Gasteiger charge is -2.16. The van der Waals surface area contributed by atoms with Crippen molar-refractivity contribution in [2.24, 2.45) is 0 Å². The van der Waals surface area contributed by atoms with Crippen LogP contribution in [0.2, 0.25) is 0 Å². The Morgan fingerprint density at radius 2 is 1.84 bits per heavy atom. The molecule has 0 radical (unpaired) electrons. The van der Waals surface area contributed by atoms with E-state index in [1.165, 1.54) is 19.2 Å². The molecule has 3 rings (SSSR count). The highest BCUT2D eigenvalue weighted by Crippen LogP contribution is 2.18. The molecule has 0 fully saturated rings. The van der Waals surface area contributed by atoms with Crippen LogP contribution in [0.3, 0.4) is 0 Å². The normalized spacial score (nSPS) is 10.7. The predicted octanol–water partition coefficient (Wildman–Crippen LogP) is 3.37. The van der Waals surface area contributed by atoms with E-state index >= 15 is 0 Å². The molecule has 0 aliphatic carbocycles. The zero-order valence-electron chi connectivity index (χ0n) is 13.9. The van der Waals surface area contributed by atoms with Gasteiger partial charge >= 0.3 is 5.97 Å². The first-order valence-electron chi connectivity index (χ1n) is 7.69. The van der Waals surface area contributed by atoms with Crippen molar-refractivity contribution in [2.75, 3.05) is 14.2 Å². The zero-order chi connectivity index (χ0) is 18.0. The maximum Gasteiger partial charge on any atom is 0.337 e. The van der Waals surface area contributed by atoms with E-state index in [0.717, 1.165) is 5.56 Å². The van der Waals surface area contributed by atoms with Crippen LogP contribution in [-0.4, -0.2) is 35.9 Å². The first-order chi connectivity index (χ1) is 12.0. The molecule has 0 spiro atoms. The topological polar surface area (TPSA) is 62.4 Å². The first kappa shape index (κ1) is 16.7. The smallest absolute Gasteiger partial charge is 0.337 e. The van der Waals surface area contributed by atoms with Gasteiger partial charge in [-0.2, -0.15) is 0 Å². The molecular weight excluding hydrogens is 323 g/mol. The number of aromatic amines is 1. The molecule has 6 heteroatoms. The monoisotopic (exact) mass is 340 g/mol. The summed E-state index contributed by atoms with van der Waals surface area (Å²) >= 11 is 0. The first-order valence-corrected chi connectivity index (χ1v) is 7.69. The lowest BCUT2D eigenvalue weighted by molar-refractivity contribution is 0.0600. The van der Waals surface area contributed by atoms with E-state index in [1.54, 1.807) is 48.3 Å². The van der Waals surface area contributed by atoms with Crippen LogP contribution in [0.15, 0.2) is 48.5 Å². The van der Waals surface area contributed by atoms with E-state index in [0.29, 0.717) is 28.7 Å². The number of carbonyl (C=O) groups excluding carboxylic acids is 2. The van der Waals surface area contributed by atoms with E-state index in [2.05, 4.69) is 9.72 Å². The van der Waals surface area contributed by atoms with Crippen molar-refractivity contribution in [1.29, 1.82) is 0 Å². The molecule has 128 valence electrons. The average molecular weight is 340 g/mol. The number of nitrogens with zero attached hydrogens (tertiary/aromatic N) is 1. The van der Waals surface area contributed by atoms with Crippen LogP contribution >= 0.6 is 0 Å². The van der Waals surface area contributed by atoms with Crippen molar-refractivity contribution in [1.82, 2.24) is 9.88 Å². The Hall–Kier alpha value is -3.15. The molecule has 1 amide bonds. The molecule has 3 aromatic rings. The van der Waals surface area contributed by atoms with Crippen LogP contribution in [0, 0.1) is 5.82 Å². The largest absolute Gasteiger partial charge is 0.465 e. The lowest BCUT2D eigenvalue weighted by Crippen LogP contribution is -2.26. The lowest BCUT2D eigenvalue weighted by atomic mass is 10.1. The van der Waals surface area contributed by atoms with E-state index in [1.807, 2.05) is 0 Å². The molecule has 5 nitrogen and oxygen atoms in total. The third-order valence-electron chi connectivity index (χ3n) is 3.95. The van der Waals surface area contributed by atoms with Crippen molar-refractivity contribution < 1.29 is 18.7 Å². The number of hydrogen-bond acceptors (Lipinski definition) is 3. The van der Waals surface area contributed by atoms with Gasteiger partial charge < -0.3 is 14.6 Å².